The number of nitrogens with zero attached hydrogens (tertiary/aromatic N) is 1. The van der Waals surface area contributed by atoms with E-state index in [1.807, 2.05) is 0 Å². The van der Waals surface area contributed by atoms with Gasteiger partial charge in [0.25, 0.3) is 0 Å². The van der Waals surface area contributed by atoms with Crippen molar-refractivity contribution in [3.63, 3.8) is 0 Å². The average Bonchev–Trinajstić information content (AvgIpc) is 2.65. The van der Waals surface area contributed by atoms with Crippen molar-refractivity contribution >= 4 is 23.8 Å². The van der Waals surface area contributed by atoms with Crippen molar-refractivity contribution in [3.05, 3.63) is 59.7 Å². The van der Waals surface area contributed by atoms with E-state index in [0.717, 1.165) is 25.9 Å². The Hall–Kier alpha value is -1.51. The SMILES string of the molecule is CC(CN)CN1c2ccccc2CCc2ccccc21.Cl. The molecule has 0 aromatic heterocycles. The second kappa shape index (κ2) is 6.97. The molecule has 21 heavy (non-hydrogen) atoms. The van der Waals surface area contributed by atoms with Crippen LogP contribution in [0.25, 0.3) is 0 Å². The van der Waals surface area contributed by atoms with Crippen molar-refractivity contribution in [3.8, 4) is 0 Å². The highest BCUT2D eigenvalue weighted by atomic mass is 35.5. The Kier molecular flexibility index (Phi) is 5.27. The number of anilines is 2. The number of rotatable bonds is 3. The molecular weight excluding hydrogens is 280 g/mol. The van der Waals surface area contributed by atoms with Gasteiger partial charge in [-0.15, -0.1) is 12.4 Å². The fourth-order valence-corrected chi connectivity index (χ4v) is 2.95. The van der Waals surface area contributed by atoms with Crippen molar-refractivity contribution in [1.82, 2.24) is 0 Å². The Labute approximate surface area is 133 Å². The van der Waals surface area contributed by atoms with E-state index in [1.165, 1.54) is 22.5 Å². The van der Waals surface area contributed by atoms with Crippen LogP contribution in [0.4, 0.5) is 11.4 Å². The zero-order chi connectivity index (χ0) is 13.9. The molecule has 1 atom stereocenters. The normalized spacial score (nSPS) is 14.5. The monoisotopic (exact) mass is 302 g/mol. The van der Waals surface area contributed by atoms with Crippen LogP contribution in [-0.2, 0) is 12.8 Å². The molecule has 112 valence electrons. The van der Waals surface area contributed by atoms with E-state index < -0.39 is 0 Å². The first kappa shape index (κ1) is 15.9. The Bertz CT molecular complexity index is 550. The maximum atomic E-state index is 5.84. The van der Waals surface area contributed by atoms with Crippen LogP contribution in [0.15, 0.2) is 48.5 Å². The highest BCUT2D eigenvalue weighted by Gasteiger charge is 2.21. The number of para-hydroxylation sites is 2. The van der Waals surface area contributed by atoms with Crippen LogP contribution in [-0.4, -0.2) is 13.1 Å². The molecule has 2 N–H and O–H groups in total. The van der Waals surface area contributed by atoms with Crippen molar-refractivity contribution in [2.75, 3.05) is 18.0 Å². The summed E-state index contributed by atoms with van der Waals surface area (Å²) in [6, 6.07) is 17.5. The molecular formula is C18H23ClN2. The first-order chi connectivity index (χ1) is 9.79. The van der Waals surface area contributed by atoms with E-state index in [4.69, 9.17) is 5.73 Å². The van der Waals surface area contributed by atoms with Crippen LogP contribution in [0.5, 0.6) is 0 Å². The molecule has 1 aliphatic rings. The van der Waals surface area contributed by atoms with Crippen LogP contribution in [0.3, 0.4) is 0 Å². The van der Waals surface area contributed by atoms with Crippen LogP contribution in [0.1, 0.15) is 18.1 Å². The van der Waals surface area contributed by atoms with Crippen molar-refractivity contribution in [1.29, 1.82) is 0 Å². The fraction of sp³-hybridized carbons (Fsp3) is 0.333. The summed E-state index contributed by atoms with van der Waals surface area (Å²) in [5.74, 6) is 0.481. The van der Waals surface area contributed by atoms with E-state index in [9.17, 15) is 0 Å². The smallest absolute Gasteiger partial charge is 0.0443 e. The Balaban J connectivity index is 0.00000161. The summed E-state index contributed by atoms with van der Waals surface area (Å²) in [6.45, 7) is 3.92. The first-order valence-corrected chi connectivity index (χ1v) is 7.43. The molecule has 0 saturated carbocycles. The number of benzene rings is 2. The highest BCUT2D eigenvalue weighted by Crippen LogP contribution is 2.36. The van der Waals surface area contributed by atoms with E-state index in [2.05, 4.69) is 60.4 Å². The number of hydrogen-bond donors (Lipinski definition) is 1. The number of fused-ring (bicyclic) bond motifs is 2. The summed E-state index contributed by atoms with van der Waals surface area (Å²) in [5.41, 5.74) is 11.4. The quantitative estimate of drug-likeness (QED) is 0.930. The van der Waals surface area contributed by atoms with E-state index in [-0.39, 0.29) is 12.4 Å². The van der Waals surface area contributed by atoms with Gasteiger partial charge in [-0.05, 0) is 48.6 Å². The largest absolute Gasteiger partial charge is 0.341 e. The summed E-state index contributed by atoms with van der Waals surface area (Å²) in [7, 11) is 0. The molecule has 2 aromatic rings. The second-order valence-corrected chi connectivity index (χ2v) is 5.71. The predicted octanol–water partition coefficient (Wildman–Crippen LogP) is 3.94. The summed E-state index contributed by atoms with van der Waals surface area (Å²) in [5, 5.41) is 0. The molecule has 2 aromatic carbocycles. The molecule has 0 spiro atoms. The zero-order valence-electron chi connectivity index (χ0n) is 12.5. The lowest BCUT2D eigenvalue weighted by Crippen LogP contribution is -2.28. The predicted molar refractivity (Wildman–Crippen MR) is 92.8 cm³/mol. The number of nitrogens with two attached hydrogens (primary N) is 1. The minimum absolute atomic E-state index is 0. The molecule has 1 unspecified atom stereocenters. The average molecular weight is 303 g/mol. The van der Waals surface area contributed by atoms with Gasteiger partial charge >= 0.3 is 0 Å². The van der Waals surface area contributed by atoms with E-state index >= 15 is 0 Å². The first-order valence-electron chi connectivity index (χ1n) is 7.43. The van der Waals surface area contributed by atoms with Gasteiger partial charge < -0.3 is 10.6 Å². The summed E-state index contributed by atoms with van der Waals surface area (Å²) < 4.78 is 0. The molecule has 3 rings (SSSR count). The summed E-state index contributed by atoms with van der Waals surface area (Å²) in [6.07, 6.45) is 2.22. The fourth-order valence-electron chi connectivity index (χ4n) is 2.95. The van der Waals surface area contributed by atoms with Gasteiger partial charge in [0.05, 0.1) is 0 Å². The Morgan fingerprint density at radius 2 is 1.43 bits per heavy atom. The van der Waals surface area contributed by atoms with E-state index in [1.54, 1.807) is 0 Å². The molecule has 2 nitrogen and oxygen atoms in total. The van der Waals surface area contributed by atoms with Gasteiger partial charge in [-0.2, -0.15) is 0 Å². The van der Waals surface area contributed by atoms with Gasteiger partial charge in [-0.1, -0.05) is 43.3 Å². The van der Waals surface area contributed by atoms with Gasteiger partial charge in [0, 0.05) is 17.9 Å². The maximum absolute atomic E-state index is 5.84. The van der Waals surface area contributed by atoms with Gasteiger partial charge in [0.15, 0.2) is 0 Å². The van der Waals surface area contributed by atoms with Crippen molar-refractivity contribution in [2.24, 2.45) is 11.7 Å². The second-order valence-electron chi connectivity index (χ2n) is 5.71. The molecule has 0 fully saturated rings. The third kappa shape index (κ3) is 3.22. The molecule has 0 bridgehead atoms. The number of hydrogen-bond acceptors (Lipinski definition) is 2. The van der Waals surface area contributed by atoms with Crippen LogP contribution in [0, 0.1) is 5.92 Å². The summed E-state index contributed by atoms with van der Waals surface area (Å²) in [4.78, 5) is 2.45. The lowest BCUT2D eigenvalue weighted by Gasteiger charge is -2.29. The lowest BCUT2D eigenvalue weighted by molar-refractivity contribution is 0.599. The summed E-state index contributed by atoms with van der Waals surface area (Å²) >= 11 is 0. The molecule has 3 heteroatoms. The highest BCUT2D eigenvalue weighted by molar-refractivity contribution is 5.85. The topological polar surface area (TPSA) is 29.3 Å². The molecule has 0 amide bonds. The van der Waals surface area contributed by atoms with Crippen LogP contribution < -0.4 is 10.6 Å². The Morgan fingerprint density at radius 3 is 1.90 bits per heavy atom. The van der Waals surface area contributed by atoms with Gasteiger partial charge in [-0.3, -0.25) is 0 Å². The van der Waals surface area contributed by atoms with Crippen LogP contribution >= 0.6 is 12.4 Å². The standard InChI is InChI=1S/C18H22N2.ClH/c1-14(12-19)13-20-17-8-4-2-6-15(17)10-11-16-7-3-5-9-18(16)20;/h2-9,14H,10-13,19H2,1H3;1H. The van der Waals surface area contributed by atoms with Crippen LogP contribution in [0.2, 0.25) is 0 Å². The Morgan fingerprint density at radius 1 is 0.952 bits per heavy atom. The minimum atomic E-state index is 0. The number of aryl methyl sites for hydroxylation is 2. The van der Waals surface area contributed by atoms with E-state index in [0.29, 0.717) is 5.92 Å². The zero-order valence-corrected chi connectivity index (χ0v) is 13.3. The number of halogens is 1. The van der Waals surface area contributed by atoms with Gasteiger partial charge in [0.1, 0.15) is 0 Å². The van der Waals surface area contributed by atoms with Gasteiger partial charge in [-0.25, -0.2) is 0 Å². The molecule has 0 aliphatic carbocycles. The van der Waals surface area contributed by atoms with Crippen molar-refractivity contribution < 1.29 is 0 Å². The third-order valence-corrected chi connectivity index (χ3v) is 4.13. The molecule has 1 aliphatic heterocycles. The van der Waals surface area contributed by atoms with Crippen molar-refractivity contribution in [2.45, 2.75) is 19.8 Å². The molecule has 0 saturated heterocycles. The third-order valence-electron chi connectivity index (χ3n) is 4.13. The maximum Gasteiger partial charge on any atom is 0.0443 e. The minimum Gasteiger partial charge on any atom is -0.341 e. The lowest BCUT2D eigenvalue weighted by atomic mass is 10.0. The molecule has 1 heterocycles. The molecule has 0 radical (unpaired) electrons. The van der Waals surface area contributed by atoms with Gasteiger partial charge in [0.2, 0.25) is 0 Å².